The van der Waals surface area contributed by atoms with Gasteiger partial charge in [-0.1, -0.05) is 146 Å². The number of rotatable bonds is 6. The van der Waals surface area contributed by atoms with Crippen molar-refractivity contribution >= 4 is 54.8 Å². The maximum atomic E-state index is 6.49. The molecule has 0 unspecified atom stereocenters. The third-order valence-electron chi connectivity index (χ3n) is 11.2. The molecular weight excluding hydrogens is 739 g/mol. The molecule has 0 fully saturated rings. The molecule has 0 radical (unpaired) electrons. The maximum absolute atomic E-state index is 6.49. The van der Waals surface area contributed by atoms with Crippen LogP contribution in [-0.4, -0.2) is 24.9 Å². The number of furan rings is 2. The molecule has 0 aliphatic heterocycles. The SMILES string of the molecule is c1ccc(-c2nc(-c3ccccc3)nc(-c3cccc4oc5ccc(-c6ccc7oc8cccc(-c9nc(-c%10ccccc%10)c%10ccccc%10n9)c8c7c6)cc5c34)n2)cc1. The number of aromatic nitrogens is 5. The summed E-state index contributed by atoms with van der Waals surface area (Å²) in [7, 11) is 0. The van der Waals surface area contributed by atoms with Crippen LogP contribution in [0.15, 0.2) is 197 Å². The topological polar surface area (TPSA) is 90.7 Å². The molecule has 4 aromatic heterocycles. The molecular formula is C53H31N5O2. The van der Waals surface area contributed by atoms with Gasteiger partial charge in [0.05, 0.1) is 11.2 Å². The van der Waals surface area contributed by atoms with E-state index in [-0.39, 0.29) is 0 Å². The summed E-state index contributed by atoms with van der Waals surface area (Å²) in [5.74, 6) is 2.44. The maximum Gasteiger partial charge on any atom is 0.164 e. The first-order valence-corrected chi connectivity index (χ1v) is 19.8. The van der Waals surface area contributed by atoms with Gasteiger partial charge in [-0.2, -0.15) is 0 Å². The average molecular weight is 770 g/mol. The van der Waals surface area contributed by atoms with Gasteiger partial charge in [-0.15, -0.1) is 0 Å². The molecule has 0 atom stereocenters. The van der Waals surface area contributed by atoms with Gasteiger partial charge in [0, 0.05) is 54.7 Å². The Kier molecular flexibility index (Phi) is 7.71. The second-order valence-electron chi connectivity index (χ2n) is 14.8. The highest BCUT2D eigenvalue weighted by Crippen LogP contribution is 2.41. The lowest BCUT2D eigenvalue weighted by Crippen LogP contribution is -2.00. The lowest BCUT2D eigenvalue weighted by atomic mass is 9.98. The van der Waals surface area contributed by atoms with Crippen LogP contribution in [0, 0.1) is 0 Å². The molecule has 0 aliphatic carbocycles. The van der Waals surface area contributed by atoms with Crippen LogP contribution in [0.5, 0.6) is 0 Å². The van der Waals surface area contributed by atoms with Crippen LogP contribution in [0.1, 0.15) is 0 Å². The van der Waals surface area contributed by atoms with Gasteiger partial charge < -0.3 is 8.83 Å². The molecule has 0 amide bonds. The highest BCUT2D eigenvalue weighted by Gasteiger charge is 2.20. The minimum atomic E-state index is 0.576. The summed E-state index contributed by atoms with van der Waals surface area (Å²) in [4.78, 5) is 25.4. The summed E-state index contributed by atoms with van der Waals surface area (Å²) in [5.41, 5.74) is 11.6. The molecule has 12 rings (SSSR count). The Morgan fingerprint density at radius 1 is 0.283 bits per heavy atom. The van der Waals surface area contributed by atoms with E-state index in [1.807, 2.05) is 127 Å². The number of para-hydroxylation sites is 1. The van der Waals surface area contributed by atoms with E-state index in [1.54, 1.807) is 0 Å². The van der Waals surface area contributed by atoms with Gasteiger partial charge in [-0.05, 0) is 53.6 Å². The Morgan fingerprint density at radius 3 is 1.30 bits per heavy atom. The molecule has 7 heteroatoms. The number of nitrogens with zero attached hydrogens (tertiary/aromatic N) is 5. The molecule has 0 spiro atoms. The van der Waals surface area contributed by atoms with Crippen LogP contribution in [0.25, 0.3) is 123 Å². The average Bonchev–Trinajstić information content (AvgIpc) is 3.90. The van der Waals surface area contributed by atoms with Crippen LogP contribution in [0.4, 0.5) is 0 Å². The highest BCUT2D eigenvalue weighted by atomic mass is 16.3. The number of hydrogen-bond acceptors (Lipinski definition) is 7. The highest BCUT2D eigenvalue weighted by molar-refractivity contribution is 6.15. The van der Waals surface area contributed by atoms with Crippen LogP contribution < -0.4 is 0 Å². The molecule has 4 heterocycles. The van der Waals surface area contributed by atoms with Crippen LogP contribution >= 0.6 is 0 Å². The quantitative estimate of drug-likeness (QED) is 0.166. The van der Waals surface area contributed by atoms with Crippen LogP contribution in [0.3, 0.4) is 0 Å². The Labute approximate surface area is 343 Å². The lowest BCUT2D eigenvalue weighted by molar-refractivity contribution is 0.668. The Bertz CT molecular complexity index is 3540. The van der Waals surface area contributed by atoms with E-state index >= 15 is 0 Å². The fourth-order valence-corrected chi connectivity index (χ4v) is 8.33. The first-order chi connectivity index (χ1) is 29.7. The van der Waals surface area contributed by atoms with E-state index in [0.29, 0.717) is 23.3 Å². The summed E-state index contributed by atoms with van der Waals surface area (Å²) >= 11 is 0. The van der Waals surface area contributed by atoms with Gasteiger partial charge in [0.15, 0.2) is 23.3 Å². The third kappa shape index (κ3) is 5.63. The monoisotopic (exact) mass is 769 g/mol. The van der Waals surface area contributed by atoms with Crippen molar-refractivity contribution in [3.8, 4) is 67.9 Å². The normalized spacial score (nSPS) is 11.7. The molecule has 7 nitrogen and oxygen atoms in total. The van der Waals surface area contributed by atoms with Crippen molar-refractivity contribution < 1.29 is 8.83 Å². The van der Waals surface area contributed by atoms with Crippen molar-refractivity contribution in [3.05, 3.63) is 188 Å². The minimum Gasteiger partial charge on any atom is -0.456 e. The van der Waals surface area contributed by atoms with Gasteiger partial charge in [-0.3, -0.25) is 0 Å². The fourth-order valence-electron chi connectivity index (χ4n) is 8.33. The van der Waals surface area contributed by atoms with E-state index in [9.17, 15) is 0 Å². The number of hydrogen-bond donors (Lipinski definition) is 0. The smallest absolute Gasteiger partial charge is 0.164 e. The number of benzene rings is 8. The van der Waals surface area contributed by atoms with E-state index in [4.69, 9.17) is 33.8 Å². The molecule has 0 saturated carbocycles. The first kappa shape index (κ1) is 33.8. The van der Waals surface area contributed by atoms with Crippen molar-refractivity contribution in [2.24, 2.45) is 0 Å². The van der Waals surface area contributed by atoms with E-state index in [1.165, 1.54) is 0 Å². The summed E-state index contributed by atoms with van der Waals surface area (Å²) in [6.45, 7) is 0. The van der Waals surface area contributed by atoms with Gasteiger partial charge in [0.2, 0.25) is 0 Å². The Balaban J connectivity index is 1.02. The number of fused-ring (bicyclic) bond motifs is 7. The molecule has 0 saturated heterocycles. The second kappa shape index (κ2) is 13.7. The van der Waals surface area contributed by atoms with Gasteiger partial charge in [0.1, 0.15) is 22.3 Å². The summed E-state index contributed by atoms with van der Waals surface area (Å²) in [6, 6.07) is 63.4. The lowest BCUT2D eigenvalue weighted by Gasteiger charge is -2.10. The van der Waals surface area contributed by atoms with Crippen LogP contribution in [0.2, 0.25) is 0 Å². The molecule has 0 N–H and O–H groups in total. The molecule has 0 bridgehead atoms. The first-order valence-electron chi connectivity index (χ1n) is 19.8. The molecule has 8 aromatic carbocycles. The van der Waals surface area contributed by atoms with Crippen molar-refractivity contribution in [1.29, 1.82) is 0 Å². The van der Waals surface area contributed by atoms with Gasteiger partial charge >= 0.3 is 0 Å². The predicted molar refractivity (Wildman–Crippen MR) is 240 cm³/mol. The second-order valence-corrected chi connectivity index (χ2v) is 14.8. The fraction of sp³-hybridized carbons (Fsp3) is 0. The Hall–Kier alpha value is -8.29. The minimum absolute atomic E-state index is 0.576. The van der Waals surface area contributed by atoms with E-state index < -0.39 is 0 Å². The molecule has 12 aromatic rings. The molecule has 60 heavy (non-hydrogen) atoms. The zero-order valence-corrected chi connectivity index (χ0v) is 32.0. The molecule has 0 aliphatic rings. The van der Waals surface area contributed by atoms with E-state index in [2.05, 4.69) is 60.7 Å². The Morgan fingerprint density at radius 2 is 0.750 bits per heavy atom. The third-order valence-corrected chi connectivity index (χ3v) is 11.2. The van der Waals surface area contributed by atoms with Crippen molar-refractivity contribution in [1.82, 2.24) is 24.9 Å². The predicted octanol–water partition coefficient (Wildman–Crippen LogP) is 13.6. The van der Waals surface area contributed by atoms with Crippen molar-refractivity contribution in [2.45, 2.75) is 0 Å². The summed E-state index contributed by atoms with van der Waals surface area (Å²) in [5, 5.41) is 4.88. The largest absolute Gasteiger partial charge is 0.456 e. The van der Waals surface area contributed by atoms with Crippen molar-refractivity contribution in [2.75, 3.05) is 0 Å². The zero-order chi connectivity index (χ0) is 39.6. The van der Waals surface area contributed by atoms with Crippen molar-refractivity contribution in [3.63, 3.8) is 0 Å². The summed E-state index contributed by atoms with van der Waals surface area (Å²) < 4.78 is 13.0. The molecule has 280 valence electrons. The van der Waals surface area contributed by atoms with E-state index in [0.717, 1.165) is 99.4 Å². The summed E-state index contributed by atoms with van der Waals surface area (Å²) in [6.07, 6.45) is 0. The standard InChI is InChI=1S/C53H31N5O2/c1-4-14-32(15-5-1)49-37-20-10-11-23-42(37)54-52(55-49)38-21-12-24-45-47(38)40-30-35(26-28-43(40)59-45)36-27-29-44-41(31-36)48-39(22-13-25-46(48)60-44)53-57-50(33-16-6-2-7-17-33)56-51(58-53)34-18-8-3-9-19-34/h1-31H. The zero-order valence-electron chi connectivity index (χ0n) is 32.0. The van der Waals surface area contributed by atoms with Gasteiger partial charge in [0.25, 0.3) is 0 Å². The van der Waals surface area contributed by atoms with Crippen LogP contribution in [-0.2, 0) is 0 Å². The van der Waals surface area contributed by atoms with Gasteiger partial charge in [-0.25, -0.2) is 24.9 Å².